The number of piperazine rings is 1. The van der Waals surface area contributed by atoms with E-state index in [9.17, 15) is 4.39 Å². The number of likely N-dealkylation sites (N-methyl/N-ethyl adjacent to an activating group) is 1. The minimum absolute atomic E-state index is 0.221. The van der Waals surface area contributed by atoms with Gasteiger partial charge in [0.2, 0.25) is 5.95 Å². The van der Waals surface area contributed by atoms with E-state index in [1.807, 2.05) is 42.6 Å². The minimum Gasteiger partial charge on any atom is -0.363 e. The van der Waals surface area contributed by atoms with Gasteiger partial charge in [0, 0.05) is 56.5 Å². The molecule has 9 heteroatoms. The topological polar surface area (TPSA) is 60.4 Å². The zero-order chi connectivity index (χ0) is 20.8. The van der Waals surface area contributed by atoms with Crippen LogP contribution in [-0.2, 0) is 0 Å². The van der Waals surface area contributed by atoms with Gasteiger partial charge < -0.3 is 15.1 Å². The third kappa shape index (κ3) is 3.48. The molecule has 30 heavy (non-hydrogen) atoms. The van der Waals surface area contributed by atoms with Gasteiger partial charge in [-0.05, 0) is 37.7 Å². The van der Waals surface area contributed by atoms with Crippen molar-refractivity contribution in [3.8, 4) is 11.4 Å². The van der Waals surface area contributed by atoms with Gasteiger partial charge in [-0.25, -0.2) is 19.3 Å². The lowest BCUT2D eigenvalue weighted by Crippen LogP contribution is -2.44. The van der Waals surface area contributed by atoms with Crippen LogP contribution in [0.1, 0.15) is 6.42 Å². The van der Waals surface area contributed by atoms with E-state index in [1.165, 1.54) is 6.07 Å². The van der Waals surface area contributed by atoms with E-state index in [0.717, 1.165) is 36.0 Å². The summed E-state index contributed by atoms with van der Waals surface area (Å²) in [5.74, 6) is 0.197. The summed E-state index contributed by atoms with van der Waals surface area (Å²) in [5, 5.41) is 6.00. The molecular formula is C21H24FN7S. The second-order valence-corrected chi connectivity index (χ2v) is 8.94. The number of likely N-dealkylation sites (tertiary alicyclic amines) is 1. The molecule has 0 unspecified atom stereocenters. The van der Waals surface area contributed by atoms with Gasteiger partial charge in [0.1, 0.15) is 11.5 Å². The zero-order valence-corrected chi connectivity index (χ0v) is 18.0. The largest absolute Gasteiger partial charge is 0.363 e. The SMILES string of the molecule is CN(C)c1nc(-c2ccnc(Nc3ccc(N4C[C@@H]5C[C@H]4CN5C)c(F)c3)n2)cs1. The molecule has 2 aliphatic heterocycles. The molecule has 0 saturated carbocycles. The van der Waals surface area contributed by atoms with E-state index in [2.05, 4.69) is 37.1 Å². The maximum absolute atomic E-state index is 14.9. The number of halogens is 1. The average Bonchev–Trinajstić information content (AvgIpc) is 3.44. The third-order valence-corrected chi connectivity index (χ3v) is 6.83. The average molecular weight is 426 g/mol. The molecule has 2 aliphatic rings. The molecule has 0 spiro atoms. The van der Waals surface area contributed by atoms with Crippen LogP contribution in [0.2, 0.25) is 0 Å². The lowest BCUT2D eigenvalue weighted by atomic mass is 10.2. The van der Waals surface area contributed by atoms with Crippen molar-refractivity contribution in [2.45, 2.75) is 18.5 Å². The number of anilines is 4. The van der Waals surface area contributed by atoms with Crippen molar-refractivity contribution in [1.29, 1.82) is 0 Å². The number of nitrogens with zero attached hydrogens (tertiary/aromatic N) is 6. The Kier molecular flexibility index (Phi) is 4.79. The van der Waals surface area contributed by atoms with Crippen molar-refractivity contribution in [2.24, 2.45) is 0 Å². The molecule has 0 amide bonds. The quantitative estimate of drug-likeness (QED) is 0.672. The highest BCUT2D eigenvalue weighted by atomic mass is 32.1. The summed E-state index contributed by atoms with van der Waals surface area (Å²) in [6.45, 7) is 1.88. The van der Waals surface area contributed by atoms with E-state index < -0.39 is 0 Å². The molecule has 0 aliphatic carbocycles. The first-order chi connectivity index (χ1) is 14.5. The van der Waals surface area contributed by atoms with Crippen LogP contribution in [0.4, 0.5) is 26.8 Å². The number of rotatable bonds is 5. The fraction of sp³-hybridized carbons (Fsp3) is 0.381. The first kappa shape index (κ1) is 19.2. The van der Waals surface area contributed by atoms with Crippen LogP contribution in [0.3, 0.4) is 0 Å². The highest BCUT2D eigenvalue weighted by Crippen LogP contribution is 2.36. The molecule has 2 atom stereocenters. The highest BCUT2D eigenvalue weighted by molar-refractivity contribution is 7.14. The van der Waals surface area contributed by atoms with Crippen molar-refractivity contribution >= 4 is 33.8 Å². The second kappa shape index (κ2) is 7.48. The van der Waals surface area contributed by atoms with Crippen LogP contribution in [0.15, 0.2) is 35.8 Å². The summed E-state index contributed by atoms with van der Waals surface area (Å²) in [7, 11) is 6.06. The molecule has 2 fully saturated rings. The van der Waals surface area contributed by atoms with E-state index >= 15 is 0 Å². The van der Waals surface area contributed by atoms with Crippen molar-refractivity contribution in [2.75, 3.05) is 49.3 Å². The summed E-state index contributed by atoms with van der Waals surface area (Å²) in [4.78, 5) is 19.9. The minimum atomic E-state index is -0.221. The Labute approximate surface area is 179 Å². The zero-order valence-electron chi connectivity index (χ0n) is 17.2. The number of benzene rings is 1. The maximum atomic E-state index is 14.9. The summed E-state index contributed by atoms with van der Waals surface area (Å²) in [6, 6.07) is 8.01. The van der Waals surface area contributed by atoms with Crippen LogP contribution in [0.25, 0.3) is 11.4 Å². The maximum Gasteiger partial charge on any atom is 0.227 e. The first-order valence-corrected chi connectivity index (χ1v) is 10.9. The van der Waals surface area contributed by atoms with Gasteiger partial charge in [-0.2, -0.15) is 0 Å². The molecule has 2 bridgehead atoms. The fourth-order valence-corrected chi connectivity index (χ4v) is 5.01. The summed E-state index contributed by atoms with van der Waals surface area (Å²) < 4.78 is 14.9. The van der Waals surface area contributed by atoms with Crippen LogP contribution >= 0.6 is 11.3 Å². The second-order valence-electron chi connectivity index (χ2n) is 8.10. The number of hydrogen-bond acceptors (Lipinski definition) is 8. The normalized spacial score (nSPS) is 20.7. The van der Waals surface area contributed by atoms with Crippen molar-refractivity contribution in [3.63, 3.8) is 0 Å². The smallest absolute Gasteiger partial charge is 0.227 e. The van der Waals surface area contributed by atoms with Crippen molar-refractivity contribution in [1.82, 2.24) is 19.9 Å². The molecule has 2 aromatic heterocycles. The molecule has 1 N–H and O–H groups in total. The van der Waals surface area contributed by atoms with E-state index in [1.54, 1.807) is 17.5 Å². The Balaban J connectivity index is 1.33. The predicted molar refractivity (Wildman–Crippen MR) is 119 cm³/mol. The highest BCUT2D eigenvalue weighted by Gasteiger charge is 2.42. The predicted octanol–water partition coefficient (Wildman–Crippen LogP) is 3.44. The number of hydrogen-bond donors (Lipinski definition) is 1. The Morgan fingerprint density at radius 1 is 1.13 bits per heavy atom. The van der Waals surface area contributed by atoms with Gasteiger partial charge in [0.05, 0.1) is 11.4 Å². The Morgan fingerprint density at radius 2 is 2.00 bits per heavy atom. The number of aromatic nitrogens is 3. The van der Waals surface area contributed by atoms with Gasteiger partial charge in [0.25, 0.3) is 0 Å². The van der Waals surface area contributed by atoms with Crippen molar-refractivity contribution < 1.29 is 4.39 Å². The van der Waals surface area contributed by atoms with Gasteiger partial charge in [-0.1, -0.05) is 0 Å². The number of nitrogens with one attached hydrogen (secondary N) is 1. The first-order valence-electron chi connectivity index (χ1n) is 9.97. The van der Waals surface area contributed by atoms with Crippen LogP contribution in [-0.4, -0.2) is 66.2 Å². The summed E-state index contributed by atoms with van der Waals surface area (Å²) in [6.07, 6.45) is 2.80. The molecule has 5 rings (SSSR count). The lowest BCUT2D eigenvalue weighted by molar-refractivity contribution is 0.292. The number of thiazole rings is 1. The number of fused-ring (bicyclic) bond motifs is 2. The van der Waals surface area contributed by atoms with E-state index in [-0.39, 0.29) is 5.82 Å². The monoisotopic (exact) mass is 425 g/mol. The third-order valence-electron chi connectivity index (χ3n) is 5.82. The summed E-state index contributed by atoms with van der Waals surface area (Å²) in [5.41, 5.74) is 2.83. The van der Waals surface area contributed by atoms with Gasteiger partial charge in [-0.15, -0.1) is 11.3 Å². The Bertz CT molecular complexity index is 1070. The molecule has 0 radical (unpaired) electrons. The lowest BCUT2D eigenvalue weighted by Gasteiger charge is -2.33. The van der Waals surface area contributed by atoms with E-state index in [4.69, 9.17) is 0 Å². The molecule has 2 saturated heterocycles. The molecule has 7 nitrogen and oxygen atoms in total. The summed E-state index contributed by atoms with van der Waals surface area (Å²) >= 11 is 1.56. The van der Waals surface area contributed by atoms with Gasteiger partial charge >= 0.3 is 0 Å². The molecule has 1 aromatic carbocycles. The molecule has 4 heterocycles. The standard InChI is InChI=1S/C21H24FN7S/c1-27(2)21-26-18(12-30-21)17-6-7-23-20(25-17)24-13-4-5-19(16(22)8-13)29-11-14-9-15(29)10-28(14)3/h4-8,12,14-15H,9-11H2,1-3H3,(H,23,24,25)/t14-,15-/m0/s1. The molecular weight excluding hydrogens is 401 g/mol. The fourth-order valence-electron chi connectivity index (χ4n) is 4.26. The van der Waals surface area contributed by atoms with Gasteiger partial charge in [0.15, 0.2) is 5.13 Å². The van der Waals surface area contributed by atoms with Crippen LogP contribution in [0.5, 0.6) is 0 Å². The van der Waals surface area contributed by atoms with Gasteiger partial charge in [-0.3, -0.25) is 4.90 Å². The van der Waals surface area contributed by atoms with Crippen LogP contribution in [0, 0.1) is 5.82 Å². The molecule has 3 aromatic rings. The van der Waals surface area contributed by atoms with Crippen LogP contribution < -0.4 is 15.1 Å². The van der Waals surface area contributed by atoms with Crippen molar-refractivity contribution in [3.05, 3.63) is 41.7 Å². The Hall–Kier alpha value is -2.78. The Morgan fingerprint density at radius 3 is 2.67 bits per heavy atom. The molecule has 156 valence electrons. The van der Waals surface area contributed by atoms with E-state index in [0.29, 0.717) is 29.4 Å².